The number of aromatic amines is 1. The molecule has 0 bridgehead atoms. The van der Waals surface area contributed by atoms with Crippen molar-refractivity contribution in [3.8, 4) is 0 Å². The fourth-order valence-corrected chi connectivity index (χ4v) is 1.76. The Hall–Kier alpha value is -0.830. The topological polar surface area (TPSA) is 54.7 Å². The van der Waals surface area contributed by atoms with Crippen LogP contribution in [0.4, 0.5) is 0 Å². The minimum atomic E-state index is 0.0304. The minimum Gasteiger partial charge on any atom is -0.344 e. The lowest BCUT2D eigenvalue weighted by molar-refractivity contribution is 0.691. The first-order valence-corrected chi connectivity index (χ1v) is 4.52. The molecule has 0 aliphatic heterocycles. The summed E-state index contributed by atoms with van der Waals surface area (Å²) in [6, 6.07) is 0.0304. The van der Waals surface area contributed by atoms with E-state index in [0.717, 1.165) is 12.2 Å². The lowest BCUT2D eigenvalue weighted by atomic mass is 10.1. The first-order chi connectivity index (χ1) is 5.68. The van der Waals surface area contributed by atoms with Crippen molar-refractivity contribution in [3.63, 3.8) is 0 Å². The number of rotatable bonds is 1. The van der Waals surface area contributed by atoms with Crippen LogP contribution in [-0.2, 0) is 6.42 Å². The molecule has 1 heterocycles. The normalized spacial score (nSPS) is 24.1. The molecule has 2 rings (SSSR count). The Kier molecular flexibility index (Phi) is 1.68. The van der Waals surface area contributed by atoms with Crippen LogP contribution in [0.25, 0.3) is 0 Å². The quantitative estimate of drug-likeness (QED) is 0.662. The largest absolute Gasteiger partial charge is 0.344 e. The van der Waals surface area contributed by atoms with Crippen molar-refractivity contribution >= 4 is 0 Å². The lowest BCUT2D eigenvalue weighted by Gasteiger charge is -2.01. The SMILES string of the molecule is CC(N)c1nc2c([nH]1)CCC2C. The van der Waals surface area contributed by atoms with Crippen molar-refractivity contribution in [2.45, 2.75) is 38.6 Å². The highest BCUT2D eigenvalue weighted by Gasteiger charge is 2.23. The van der Waals surface area contributed by atoms with Crippen LogP contribution >= 0.6 is 0 Å². The van der Waals surface area contributed by atoms with Crippen LogP contribution in [0.5, 0.6) is 0 Å². The number of imidazole rings is 1. The van der Waals surface area contributed by atoms with Crippen molar-refractivity contribution < 1.29 is 0 Å². The Morgan fingerprint density at radius 1 is 1.67 bits per heavy atom. The second-order valence-electron chi connectivity index (χ2n) is 3.71. The summed E-state index contributed by atoms with van der Waals surface area (Å²) >= 11 is 0. The van der Waals surface area contributed by atoms with Crippen LogP contribution in [0.3, 0.4) is 0 Å². The second-order valence-corrected chi connectivity index (χ2v) is 3.71. The van der Waals surface area contributed by atoms with E-state index in [-0.39, 0.29) is 6.04 Å². The highest BCUT2D eigenvalue weighted by atomic mass is 15.0. The van der Waals surface area contributed by atoms with Gasteiger partial charge in [-0.05, 0) is 19.8 Å². The predicted molar refractivity (Wildman–Crippen MR) is 47.9 cm³/mol. The molecule has 3 heteroatoms. The highest BCUT2D eigenvalue weighted by Crippen LogP contribution is 2.31. The number of nitrogens with two attached hydrogens (primary N) is 1. The smallest absolute Gasteiger partial charge is 0.123 e. The molecule has 66 valence electrons. The minimum absolute atomic E-state index is 0.0304. The van der Waals surface area contributed by atoms with E-state index in [1.54, 1.807) is 0 Å². The molecule has 1 aliphatic carbocycles. The molecule has 1 aliphatic rings. The molecule has 0 fully saturated rings. The molecule has 0 saturated heterocycles. The maximum Gasteiger partial charge on any atom is 0.123 e. The Bertz CT molecular complexity index is 288. The first-order valence-electron chi connectivity index (χ1n) is 4.52. The molecule has 1 aromatic heterocycles. The van der Waals surface area contributed by atoms with Crippen molar-refractivity contribution in [1.29, 1.82) is 0 Å². The summed E-state index contributed by atoms with van der Waals surface area (Å²) < 4.78 is 0. The van der Waals surface area contributed by atoms with Gasteiger partial charge in [0, 0.05) is 11.6 Å². The van der Waals surface area contributed by atoms with Crippen LogP contribution in [-0.4, -0.2) is 9.97 Å². The van der Waals surface area contributed by atoms with Crippen LogP contribution in [0.1, 0.15) is 49.4 Å². The van der Waals surface area contributed by atoms with E-state index in [0.29, 0.717) is 5.92 Å². The van der Waals surface area contributed by atoms with E-state index in [4.69, 9.17) is 5.73 Å². The molecular formula is C9H15N3. The number of hydrogen-bond donors (Lipinski definition) is 2. The van der Waals surface area contributed by atoms with E-state index in [2.05, 4.69) is 16.9 Å². The maximum absolute atomic E-state index is 5.73. The molecule has 0 radical (unpaired) electrons. The Morgan fingerprint density at radius 2 is 2.42 bits per heavy atom. The Labute approximate surface area is 72.4 Å². The molecule has 2 unspecified atom stereocenters. The summed E-state index contributed by atoms with van der Waals surface area (Å²) in [6.45, 7) is 4.18. The molecule has 0 spiro atoms. The zero-order valence-corrected chi connectivity index (χ0v) is 7.59. The van der Waals surface area contributed by atoms with Gasteiger partial charge in [0.1, 0.15) is 5.82 Å². The van der Waals surface area contributed by atoms with Gasteiger partial charge in [-0.2, -0.15) is 0 Å². The van der Waals surface area contributed by atoms with Crippen LogP contribution < -0.4 is 5.73 Å². The monoisotopic (exact) mass is 165 g/mol. The van der Waals surface area contributed by atoms with Gasteiger partial charge in [-0.3, -0.25) is 0 Å². The predicted octanol–water partition coefficient (Wildman–Crippen LogP) is 1.48. The molecule has 12 heavy (non-hydrogen) atoms. The van der Waals surface area contributed by atoms with Gasteiger partial charge in [-0.15, -0.1) is 0 Å². The van der Waals surface area contributed by atoms with Crippen molar-refractivity contribution in [1.82, 2.24) is 9.97 Å². The van der Waals surface area contributed by atoms with Gasteiger partial charge in [0.05, 0.1) is 11.7 Å². The van der Waals surface area contributed by atoms with Crippen LogP contribution in [0.2, 0.25) is 0 Å². The van der Waals surface area contributed by atoms with Gasteiger partial charge in [0.2, 0.25) is 0 Å². The number of H-pyrrole nitrogens is 1. The van der Waals surface area contributed by atoms with Crippen LogP contribution in [0.15, 0.2) is 0 Å². The zero-order chi connectivity index (χ0) is 8.72. The zero-order valence-electron chi connectivity index (χ0n) is 7.59. The van der Waals surface area contributed by atoms with Crippen LogP contribution in [0, 0.1) is 0 Å². The van der Waals surface area contributed by atoms with Gasteiger partial charge >= 0.3 is 0 Å². The standard InChI is InChI=1S/C9H15N3/c1-5-3-4-7-8(5)12-9(11-7)6(2)10/h5-6H,3-4,10H2,1-2H3,(H,11,12). The van der Waals surface area contributed by atoms with Gasteiger partial charge < -0.3 is 10.7 Å². The third kappa shape index (κ3) is 1.05. The Balaban J connectivity index is 2.36. The van der Waals surface area contributed by atoms with Crippen molar-refractivity contribution in [2.24, 2.45) is 5.73 Å². The molecule has 0 amide bonds. The van der Waals surface area contributed by atoms with Crippen molar-refractivity contribution in [3.05, 3.63) is 17.2 Å². The number of nitrogens with zero attached hydrogens (tertiary/aromatic N) is 1. The summed E-state index contributed by atoms with van der Waals surface area (Å²) in [4.78, 5) is 7.78. The summed E-state index contributed by atoms with van der Waals surface area (Å²) in [7, 11) is 0. The van der Waals surface area contributed by atoms with E-state index in [1.165, 1.54) is 17.8 Å². The molecule has 0 aromatic carbocycles. The summed E-state index contributed by atoms with van der Waals surface area (Å²) in [5, 5.41) is 0. The molecule has 2 atom stereocenters. The maximum atomic E-state index is 5.73. The molecule has 3 nitrogen and oxygen atoms in total. The van der Waals surface area contributed by atoms with Gasteiger partial charge in [0.15, 0.2) is 0 Å². The average molecular weight is 165 g/mol. The molecule has 0 saturated carbocycles. The fraction of sp³-hybridized carbons (Fsp3) is 0.667. The third-order valence-electron chi connectivity index (χ3n) is 2.55. The average Bonchev–Trinajstić information content (AvgIpc) is 2.53. The first kappa shape index (κ1) is 7.80. The number of fused-ring (bicyclic) bond motifs is 1. The van der Waals surface area contributed by atoms with Crippen molar-refractivity contribution in [2.75, 3.05) is 0 Å². The summed E-state index contributed by atoms with van der Waals surface area (Å²) in [6.07, 6.45) is 2.36. The highest BCUT2D eigenvalue weighted by molar-refractivity contribution is 5.24. The van der Waals surface area contributed by atoms with Gasteiger partial charge in [-0.1, -0.05) is 6.92 Å². The number of aryl methyl sites for hydroxylation is 1. The lowest BCUT2D eigenvalue weighted by Crippen LogP contribution is -2.07. The van der Waals surface area contributed by atoms with E-state index < -0.39 is 0 Å². The molecular weight excluding hydrogens is 150 g/mol. The van der Waals surface area contributed by atoms with E-state index in [9.17, 15) is 0 Å². The second kappa shape index (κ2) is 2.59. The fourth-order valence-electron chi connectivity index (χ4n) is 1.76. The van der Waals surface area contributed by atoms with Gasteiger partial charge in [-0.25, -0.2) is 4.98 Å². The van der Waals surface area contributed by atoms with E-state index in [1.807, 2.05) is 6.92 Å². The Morgan fingerprint density at radius 3 is 3.00 bits per heavy atom. The summed E-state index contributed by atoms with van der Waals surface area (Å²) in [5.41, 5.74) is 8.27. The number of hydrogen-bond acceptors (Lipinski definition) is 2. The molecule has 1 aromatic rings. The third-order valence-corrected chi connectivity index (χ3v) is 2.55. The number of aromatic nitrogens is 2. The van der Waals surface area contributed by atoms with E-state index >= 15 is 0 Å². The van der Waals surface area contributed by atoms with Gasteiger partial charge in [0.25, 0.3) is 0 Å². The molecule has 3 N–H and O–H groups in total. The number of nitrogens with one attached hydrogen (secondary N) is 1. The summed E-state index contributed by atoms with van der Waals surface area (Å²) in [5.74, 6) is 1.55.